The van der Waals surface area contributed by atoms with E-state index in [4.69, 9.17) is 9.15 Å². The number of ether oxygens (including phenoxy) is 1. The predicted octanol–water partition coefficient (Wildman–Crippen LogP) is 1.39. The molecule has 1 aromatic heterocycles. The number of nitrogens with one attached hydrogen (secondary N) is 1. The summed E-state index contributed by atoms with van der Waals surface area (Å²) in [4.78, 5) is 14.0. The van der Waals surface area contributed by atoms with Gasteiger partial charge in [0.25, 0.3) is 0 Å². The van der Waals surface area contributed by atoms with E-state index >= 15 is 0 Å². The third-order valence-corrected chi connectivity index (χ3v) is 3.98. The Morgan fingerprint density at radius 1 is 1.57 bits per heavy atom. The standard InChI is InChI=1S/C17H28N2O4/c1-13(2)17(21)18-14-5-3-7-19(9-14)10-15(20)11-22-12-16-6-4-8-23-16/h4,6,8,13-15,20H,3,5,7,9-12H2,1-2H3,(H,18,21). The molecule has 1 saturated heterocycles. The number of hydrogen-bond acceptors (Lipinski definition) is 5. The number of nitrogens with zero attached hydrogens (tertiary/aromatic N) is 1. The summed E-state index contributed by atoms with van der Waals surface area (Å²) in [6.07, 6.45) is 3.10. The Morgan fingerprint density at radius 2 is 2.39 bits per heavy atom. The van der Waals surface area contributed by atoms with Gasteiger partial charge in [-0.2, -0.15) is 0 Å². The summed E-state index contributed by atoms with van der Waals surface area (Å²) >= 11 is 0. The summed E-state index contributed by atoms with van der Waals surface area (Å²) in [7, 11) is 0. The van der Waals surface area contributed by atoms with Crippen LogP contribution in [0.25, 0.3) is 0 Å². The third kappa shape index (κ3) is 6.33. The zero-order valence-electron chi connectivity index (χ0n) is 14.0. The normalized spacial score (nSPS) is 20.6. The summed E-state index contributed by atoms with van der Waals surface area (Å²) < 4.78 is 10.6. The first kappa shape index (κ1) is 18.0. The van der Waals surface area contributed by atoms with E-state index in [0.717, 1.165) is 31.7 Å². The molecule has 0 aromatic carbocycles. The zero-order chi connectivity index (χ0) is 16.7. The number of hydrogen-bond donors (Lipinski definition) is 2. The van der Waals surface area contributed by atoms with Crippen LogP contribution < -0.4 is 5.32 Å². The SMILES string of the molecule is CC(C)C(=O)NC1CCCN(CC(O)COCc2ccco2)C1. The molecule has 2 heterocycles. The van der Waals surface area contributed by atoms with Gasteiger partial charge in [0.05, 0.1) is 19.0 Å². The van der Waals surface area contributed by atoms with Gasteiger partial charge in [0.2, 0.25) is 5.91 Å². The molecule has 0 spiro atoms. The summed E-state index contributed by atoms with van der Waals surface area (Å²) in [5, 5.41) is 13.2. The van der Waals surface area contributed by atoms with E-state index in [9.17, 15) is 9.90 Å². The summed E-state index contributed by atoms with van der Waals surface area (Å²) in [5.41, 5.74) is 0. The van der Waals surface area contributed by atoms with E-state index in [0.29, 0.717) is 13.2 Å². The van der Waals surface area contributed by atoms with E-state index in [2.05, 4.69) is 10.2 Å². The number of carbonyl (C=O) groups is 1. The molecule has 130 valence electrons. The highest BCUT2D eigenvalue weighted by Gasteiger charge is 2.23. The Bertz CT molecular complexity index is 461. The highest BCUT2D eigenvalue weighted by Crippen LogP contribution is 2.12. The van der Waals surface area contributed by atoms with Crippen LogP contribution in [-0.2, 0) is 16.1 Å². The smallest absolute Gasteiger partial charge is 0.222 e. The molecule has 0 bridgehead atoms. The summed E-state index contributed by atoms with van der Waals surface area (Å²) in [6.45, 7) is 6.74. The number of furan rings is 1. The molecule has 0 radical (unpaired) electrons. The van der Waals surface area contributed by atoms with Crippen molar-refractivity contribution in [2.75, 3.05) is 26.2 Å². The second-order valence-corrected chi connectivity index (χ2v) is 6.51. The molecule has 6 nitrogen and oxygen atoms in total. The Kier molecular flexibility index (Phi) is 7.08. The van der Waals surface area contributed by atoms with Crippen LogP contribution in [0.15, 0.2) is 22.8 Å². The van der Waals surface area contributed by atoms with Crippen LogP contribution in [0.5, 0.6) is 0 Å². The van der Waals surface area contributed by atoms with Gasteiger partial charge in [0.1, 0.15) is 12.4 Å². The number of piperidine rings is 1. The quantitative estimate of drug-likeness (QED) is 0.756. The van der Waals surface area contributed by atoms with Crippen LogP contribution in [0, 0.1) is 5.92 Å². The lowest BCUT2D eigenvalue weighted by molar-refractivity contribution is -0.125. The van der Waals surface area contributed by atoms with Crippen molar-refractivity contribution in [3.05, 3.63) is 24.2 Å². The Labute approximate surface area is 137 Å². The predicted molar refractivity (Wildman–Crippen MR) is 86.8 cm³/mol. The largest absolute Gasteiger partial charge is 0.467 e. The lowest BCUT2D eigenvalue weighted by Gasteiger charge is -2.34. The lowest BCUT2D eigenvalue weighted by Crippen LogP contribution is -2.50. The fourth-order valence-electron chi connectivity index (χ4n) is 2.75. The maximum Gasteiger partial charge on any atom is 0.222 e. The van der Waals surface area contributed by atoms with Gasteiger partial charge in [-0.1, -0.05) is 13.8 Å². The summed E-state index contributed by atoms with van der Waals surface area (Å²) in [6, 6.07) is 3.84. The van der Waals surface area contributed by atoms with Crippen molar-refractivity contribution >= 4 is 5.91 Å². The van der Waals surface area contributed by atoms with Gasteiger partial charge < -0.3 is 19.6 Å². The molecule has 2 atom stereocenters. The zero-order valence-corrected chi connectivity index (χ0v) is 14.0. The highest BCUT2D eigenvalue weighted by molar-refractivity contribution is 5.78. The van der Waals surface area contributed by atoms with Crippen molar-refractivity contribution in [3.63, 3.8) is 0 Å². The van der Waals surface area contributed by atoms with E-state index in [-0.39, 0.29) is 24.5 Å². The van der Waals surface area contributed by atoms with Crippen molar-refractivity contribution < 1.29 is 19.1 Å². The maximum absolute atomic E-state index is 11.8. The Hall–Kier alpha value is -1.37. The molecule has 2 rings (SSSR count). The van der Waals surface area contributed by atoms with Gasteiger partial charge in [-0.25, -0.2) is 0 Å². The number of amides is 1. The van der Waals surface area contributed by atoms with Crippen molar-refractivity contribution in [3.8, 4) is 0 Å². The first-order chi connectivity index (χ1) is 11.0. The second kappa shape index (κ2) is 9.05. The molecular weight excluding hydrogens is 296 g/mol. The van der Waals surface area contributed by atoms with E-state index in [1.807, 2.05) is 26.0 Å². The molecule has 1 aromatic rings. The number of β-amino-alcohol motifs (C(OH)–C–C–N with tert-alkyl or cyclic N) is 1. The highest BCUT2D eigenvalue weighted by atomic mass is 16.5. The molecule has 2 N–H and O–H groups in total. The van der Waals surface area contributed by atoms with Gasteiger partial charge in [0, 0.05) is 25.0 Å². The Morgan fingerprint density at radius 3 is 3.09 bits per heavy atom. The monoisotopic (exact) mass is 324 g/mol. The topological polar surface area (TPSA) is 74.9 Å². The van der Waals surface area contributed by atoms with Gasteiger partial charge in [-0.3, -0.25) is 9.69 Å². The average molecular weight is 324 g/mol. The fourth-order valence-corrected chi connectivity index (χ4v) is 2.75. The molecular formula is C17H28N2O4. The molecule has 1 aliphatic rings. The van der Waals surface area contributed by atoms with Gasteiger partial charge in [-0.05, 0) is 31.5 Å². The number of carbonyl (C=O) groups excluding carboxylic acids is 1. The first-order valence-corrected chi connectivity index (χ1v) is 8.35. The molecule has 1 fully saturated rings. The van der Waals surface area contributed by atoms with Crippen LogP contribution in [0.2, 0.25) is 0 Å². The molecule has 1 aliphatic heterocycles. The average Bonchev–Trinajstić information content (AvgIpc) is 3.00. The van der Waals surface area contributed by atoms with E-state index in [1.54, 1.807) is 6.26 Å². The van der Waals surface area contributed by atoms with Gasteiger partial charge in [0.15, 0.2) is 0 Å². The van der Waals surface area contributed by atoms with Crippen LogP contribution in [0.4, 0.5) is 0 Å². The van der Waals surface area contributed by atoms with Crippen molar-refractivity contribution in [1.29, 1.82) is 0 Å². The van der Waals surface area contributed by atoms with Gasteiger partial charge >= 0.3 is 0 Å². The number of aliphatic hydroxyl groups excluding tert-OH is 1. The molecule has 1 amide bonds. The second-order valence-electron chi connectivity index (χ2n) is 6.51. The minimum atomic E-state index is -0.537. The van der Waals surface area contributed by atoms with Gasteiger partial charge in [-0.15, -0.1) is 0 Å². The maximum atomic E-state index is 11.8. The first-order valence-electron chi connectivity index (χ1n) is 8.35. The molecule has 2 unspecified atom stereocenters. The third-order valence-electron chi connectivity index (χ3n) is 3.98. The van der Waals surface area contributed by atoms with Crippen molar-refractivity contribution in [2.45, 2.75) is 45.4 Å². The van der Waals surface area contributed by atoms with Crippen LogP contribution in [0.1, 0.15) is 32.4 Å². The lowest BCUT2D eigenvalue weighted by atomic mass is 10.0. The van der Waals surface area contributed by atoms with Crippen LogP contribution >= 0.6 is 0 Å². The summed E-state index contributed by atoms with van der Waals surface area (Å²) in [5.74, 6) is 0.858. The fraction of sp³-hybridized carbons (Fsp3) is 0.706. The minimum Gasteiger partial charge on any atom is -0.467 e. The van der Waals surface area contributed by atoms with E-state index in [1.165, 1.54) is 0 Å². The molecule has 6 heteroatoms. The van der Waals surface area contributed by atoms with Crippen molar-refractivity contribution in [1.82, 2.24) is 10.2 Å². The van der Waals surface area contributed by atoms with Crippen molar-refractivity contribution in [2.24, 2.45) is 5.92 Å². The minimum absolute atomic E-state index is 0.00553. The van der Waals surface area contributed by atoms with Crippen LogP contribution in [-0.4, -0.2) is 54.3 Å². The molecule has 0 aliphatic carbocycles. The molecule has 23 heavy (non-hydrogen) atoms. The molecule has 0 saturated carbocycles. The Balaban J connectivity index is 1.66. The van der Waals surface area contributed by atoms with E-state index < -0.39 is 6.10 Å². The number of aliphatic hydroxyl groups is 1. The number of rotatable bonds is 8. The number of likely N-dealkylation sites (tertiary alicyclic amines) is 1. The van der Waals surface area contributed by atoms with Crippen LogP contribution in [0.3, 0.4) is 0 Å².